The summed E-state index contributed by atoms with van der Waals surface area (Å²) in [4.78, 5) is 0. The molecule has 0 unspecified atom stereocenters. The Morgan fingerprint density at radius 1 is 0.625 bits per heavy atom. The summed E-state index contributed by atoms with van der Waals surface area (Å²) >= 11 is 7.20. The van der Waals surface area contributed by atoms with Crippen LogP contribution in [-0.4, -0.2) is 0 Å². The van der Waals surface area contributed by atoms with Gasteiger partial charge in [0.25, 0.3) is 0 Å². The van der Waals surface area contributed by atoms with Crippen LogP contribution in [0.25, 0.3) is 22.8 Å². The van der Waals surface area contributed by atoms with Crippen LogP contribution >= 0.6 is 31.9 Å². The van der Waals surface area contributed by atoms with Crippen molar-refractivity contribution in [1.82, 2.24) is 0 Å². The number of benzene rings is 3. The van der Waals surface area contributed by atoms with Gasteiger partial charge >= 0.3 is 0 Å². The highest BCUT2D eigenvalue weighted by Crippen LogP contribution is 2.46. The van der Waals surface area contributed by atoms with E-state index in [-0.39, 0.29) is 0 Å². The van der Waals surface area contributed by atoms with Crippen molar-refractivity contribution >= 4 is 43.5 Å². The second kappa shape index (κ2) is 6.54. The van der Waals surface area contributed by atoms with Crippen molar-refractivity contribution in [2.75, 3.05) is 0 Å². The van der Waals surface area contributed by atoms with E-state index in [2.05, 4.69) is 111 Å². The predicted octanol–water partition coefficient (Wildman–Crippen LogP) is 7.34. The number of hydrogen-bond donors (Lipinski definition) is 0. The zero-order valence-corrected chi connectivity index (χ0v) is 16.0. The van der Waals surface area contributed by atoms with Gasteiger partial charge in [0.15, 0.2) is 0 Å². The summed E-state index contributed by atoms with van der Waals surface area (Å²) in [6.45, 7) is 0. The van der Waals surface area contributed by atoms with E-state index >= 15 is 0 Å². The third kappa shape index (κ3) is 2.92. The van der Waals surface area contributed by atoms with E-state index in [1.807, 2.05) is 6.07 Å². The normalized spacial score (nSPS) is 12.3. The molecular weight excluding hydrogens is 424 g/mol. The Labute approximate surface area is 158 Å². The molecule has 0 nitrogen and oxygen atoms in total. The monoisotopic (exact) mass is 436 g/mol. The van der Waals surface area contributed by atoms with E-state index in [0.29, 0.717) is 0 Å². The van der Waals surface area contributed by atoms with Crippen molar-refractivity contribution in [3.63, 3.8) is 0 Å². The highest BCUT2D eigenvalue weighted by molar-refractivity contribution is 9.10. The summed E-state index contributed by atoms with van der Waals surface area (Å²) in [6.07, 6.45) is 6.47. The number of rotatable bonds is 2. The van der Waals surface area contributed by atoms with E-state index in [0.717, 1.165) is 8.95 Å². The van der Waals surface area contributed by atoms with Crippen LogP contribution in [0.5, 0.6) is 0 Å². The lowest BCUT2D eigenvalue weighted by Crippen LogP contribution is -1.81. The van der Waals surface area contributed by atoms with Crippen molar-refractivity contribution in [3.05, 3.63) is 105 Å². The molecule has 0 aliphatic heterocycles. The second-order valence-electron chi connectivity index (χ2n) is 5.73. The molecule has 0 aromatic heterocycles. The third-order valence-corrected chi connectivity index (χ3v) is 5.17. The fourth-order valence-corrected chi connectivity index (χ4v) is 3.81. The van der Waals surface area contributed by atoms with Crippen molar-refractivity contribution in [3.8, 4) is 11.1 Å². The lowest BCUT2D eigenvalue weighted by molar-refractivity contribution is 1.60. The minimum absolute atomic E-state index is 1.10. The summed E-state index contributed by atoms with van der Waals surface area (Å²) in [7, 11) is 0. The summed E-state index contributed by atoms with van der Waals surface area (Å²) in [5.74, 6) is 0. The predicted molar refractivity (Wildman–Crippen MR) is 110 cm³/mol. The first kappa shape index (κ1) is 15.6. The van der Waals surface area contributed by atoms with Crippen LogP contribution in [0.2, 0.25) is 0 Å². The Balaban J connectivity index is 1.83. The Kier molecular flexibility index (Phi) is 4.26. The highest BCUT2D eigenvalue weighted by Gasteiger charge is 2.23. The van der Waals surface area contributed by atoms with E-state index in [1.54, 1.807) is 0 Å². The third-order valence-electron chi connectivity index (χ3n) is 4.18. The number of allylic oxidation sites excluding steroid dienone is 2. The van der Waals surface area contributed by atoms with Gasteiger partial charge in [0.05, 0.1) is 0 Å². The van der Waals surface area contributed by atoms with Gasteiger partial charge in [-0.2, -0.15) is 0 Å². The lowest BCUT2D eigenvalue weighted by atomic mass is 10.0. The molecule has 3 aromatic rings. The molecule has 24 heavy (non-hydrogen) atoms. The molecule has 0 amide bonds. The van der Waals surface area contributed by atoms with Gasteiger partial charge < -0.3 is 0 Å². The van der Waals surface area contributed by atoms with Crippen LogP contribution in [0, 0.1) is 0 Å². The van der Waals surface area contributed by atoms with Crippen molar-refractivity contribution in [2.45, 2.75) is 0 Å². The Morgan fingerprint density at radius 3 is 1.79 bits per heavy atom. The van der Waals surface area contributed by atoms with Gasteiger partial charge in [0.2, 0.25) is 0 Å². The minimum atomic E-state index is 1.10. The number of fused-ring (bicyclic) bond motifs is 3. The van der Waals surface area contributed by atoms with Crippen molar-refractivity contribution in [2.24, 2.45) is 0 Å². The molecule has 0 saturated heterocycles. The second-order valence-corrected chi connectivity index (χ2v) is 7.56. The van der Waals surface area contributed by atoms with Crippen molar-refractivity contribution < 1.29 is 0 Å². The van der Waals surface area contributed by atoms with Gasteiger partial charge in [-0.25, -0.2) is 0 Å². The number of halogens is 2. The van der Waals surface area contributed by atoms with Crippen LogP contribution in [0.1, 0.15) is 16.7 Å². The summed E-state index contributed by atoms with van der Waals surface area (Å²) in [5, 5.41) is 0. The van der Waals surface area contributed by atoms with Gasteiger partial charge in [0.1, 0.15) is 0 Å². The van der Waals surface area contributed by atoms with Gasteiger partial charge in [0, 0.05) is 8.95 Å². The first-order valence-electron chi connectivity index (χ1n) is 7.76. The Hall–Kier alpha value is -1.90. The molecule has 0 N–H and O–H groups in total. The molecule has 0 atom stereocenters. The van der Waals surface area contributed by atoms with E-state index in [4.69, 9.17) is 0 Å². The summed E-state index contributed by atoms with van der Waals surface area (Å²) in [6, 6.07) is 23.4. The van der Waals surface area contributed by atoms with E-state index in [9.17, 15) is 0 Å². The van der Waals surface area contributed by atoms with Crippen LogP contribution < -0.4 is 0 Å². The molecule has 0 spiro atoms. The maximum atomic E-state index is 3.60. The topological polar surface area (TPSA) is 0 Å². The molecule has 0 bridgehead atoms. The lowest BCUT2D eigenvalue weighted by Gasteiger charge is -2.02. The van der Waals surface area contributed by atoms with Crippen LogP contribution in [0.3, 0.4) is 0 Å². The summed E-state index contributed by atoms with van der Waals surface area (Å²) < 4.78 is 2.21. The minimum Gasteiger partial charge on any atom is -0.0622 e. The van der Waals surface area contributed by atoms with E-state index < -0.39 is 0 Å². The summed E-state index contributed by atoms with van der Waals surface area (Å²) in [5.41, 5.74) is 7.59. The maximum absolute atomic E-state index is 3.60. The fourth-order valence-electron chi connectivity index (χ4n) is 3.09. The molecule has 0 saturated carbocycles. The van der Waals surface area contributed by atoms with Crippen molar-refractivity contribution in [1.29, 1.82) is 0 Å². The SMILES string of the molecule is Brc1ccc2c(c1)C(=CC=Cc1ccccc1)c1cc(Br)ccc1-2. The van der Waals surface area contributed by atoms with Crippen LogP contribution in [-0.2, 0) is 0 Å². The average molecular weight is 438 g/mol. The van der Waals surface area contributed by atoms with Crippen LogP contribution in [0.4, 0.5) is 0 Å². The zero-order valence-electron chi connectivity index (χ0n) is 12.8. The number of hydrogen-bond acceptors (Lipinski definition) is 0. The molecule has 3 aromatic carbocycles. The molecule has 0 radical (unpaired) electrons. The zero-order chi connectivity index (χ0) is 16.5. The molecule has 4 rings (SSSR count). The first-order valence-corrected chi connectivity index (χ1v) is 9.34. The Bertz CT molecular complexity index is 913. The average Bonchev–Trinajstić information content (AvgIpc) is 2.88. The maximum Gasteiger partial charge on any atom is 0.0181 e. The molecule has 0 fully saturated rings. The van der Waals surface area contributed by atoms with Gasteiger partial charge in [-0.05, 0) is 57.7 Å². The molecule has 2 heteroatoms. The van der Waals surface area contributed by atoms with E-state index in [1.165, 1.54) is 33.4 Å². The van der Waals surface area contributed by atoms with Gasteiger partial charge in [-0.3, -0.25) is 0 Å². The molecule has 1 aliphatic carbocycles. The molecule has 116 valence electrons. The van der Waals surface area contributed by atoms with Crippen LogP contribution in [0.15, 0.2) is 87.8 Å². The fraction of sp³-hybridized carbons (Fsp3) is 0. The standard InChI is InChI=1S/C22H14Br2/c23-16-9-11-19-20-12-10-17(24)14-22(20)18(21(19)13-16)8-4-7-15-5-2-1-3-6-15/h1-14H. The smallest absolute Gasteiger partial charge is 0.0181 e. The quantitative estimate of drug-likeness (QED) is 0.307. The molecule has 0 heterocycles. The largest absolute Gasteiger partial charge is 0.0622 e. The molecular formula is C22H14Br2. The highest BCUT2D eigenvalue weighted by atomic mass is 79.9. The first-order chi connectivity index (χ1) is 11.7. The van der Waals surface area contributed by atoms with Gasteiger partial charge in [-0.15, -0.1) is 0 Å². The Morgan fingerprint density at radius 2 is 1.21 bits per heavy atom. The molecule has 1 aliphatic rings. The van der Waals surface area contributed by atoms with Gasteiger partial charge in [-0.1, -0.05) is 92.6 Å².